The number of aromatic nitrogens is 2. The highest BCUT2D eigenvalue weighted by molar-refractivity contribution is 7.90. The number of carbonyl (C=O) groups is 2. The van der Waals surface area contributed by atoms with Crippen molar-refractivity contribution >= 4 is 38.6 Å². The predicted octanol–water partition coefficient (Wildman–Crippen LogP) is 3.67. The van der Waals surface area contributed by atoms with Crippen molar-refractivity contribution in [1.82, 2.24) is 19.4 Å². The van der Waals surface area contributed by atoms with Crippen LogP contribution in [0.5, 0.6) is 0 Å². The molecule has 2 aromatic carbocycles. The summed E-state index contributed by atoms with van der Waals surface area (Å²) in [7, 11) is 0.450. The highest BCUT2D eigenvalue weighted by Crippen LogP contribution is 2.32. The molecule has 0 saturated carbocycles. The number of benzene rings is 2. The number of hydrogen-bond acceptors (Lipinski definition) is 6. The number of hydrogen-bond donors (Lipinski definition) is 1. The third-order valence-electron chi connectivity index (χ3n) is 6.72. The zero-order chi connectivity index (χ0) is 27.4. The molecule has 202 valence electrons. The van der Waals surface area contributed by atoms with Gasteiger partial charge in [-0.15, -0.1) is 0 Å². The van der Waals surface area contributed by atoms with Gasteiger partial charge < -0.3 is 14.4 Å². The van der Waals surface area contributed by atoms with Crippen LogP contribution in [-0.4, -0.2) is 79.6 Å². The normalized spacial score (nSPS) is 16.8. The van der Waals surface area contributed by atoms with Crippen LogP contribution in [0, 0.1) is 6.92 Å². The molecule has 3 aromatic rings. The van der Waals surface area contributed by atoms with E-state index in [9.17, 15) is 18.0 Å². The Labute approximate surface area is 224 Å². The van der Waals surface area contributed by atoms with Crippen LogP contribution in [0.25, 0.3) is 11.0 Å². The van der Waals surface area contributed by atoms with E-state index < -0.39 is 15.7 Å². The Bertz CT molecular complexity index is 1480. The summed E-state index contributed by atoms with van der Waals surface area (Å²) in [6.07, 6.45) is 7.28. The highest BCUT2D eigenvalue weighted by Gasteiger charge is 2.27. The Balaban J connectivity index is 1.69. The largest absolute Gasteiger partial charge is 0.337 e. The summed E-state index contributed by atoms with van der Waals surface area (Å²) >= 11 is 0. The van der Waals surface area contributed by atoms with E-state index in [2.05, 4.69) is 5.32 Å². The molecule has 4 rings (SSSR count). The van der Waals surface area contributed by atoms with E-state index in [0.717, 1.165) is 42.1 Å². The van der Waals surface area contributed by atoms with Gasteiger partial charge in [-0.1, -0.05) is 24.3 Å². The number of sulfone groups is 1. The molecule has 2 amide bonds. The van der Waals surface area contributed by atoms with Crippen molar-refractivity contribution in [3.05, 3.63) is 65.7 Å². The van der Waals surface area contributed by atoms with Crippen molar-refractivity contribution in [3.63, 3.8) is 0 Å². The molecule has 0 aliphatic carbocycles. The van der Waals surface area contributed by atoms with Gasteiger partial charge in [0.05, 0.1) is 22.0 Å². The Hall–Kier alpha value is -3.50. The first-order valence-electron chi connectivity index (χ1n) is 12.7. The molecule has 1 aliphatic rings. The molecule has 0 spiro atoms. The van der Waals surface area contributed by atoms with Crippen LogP contribution in [0.2, 0.25) is 0 Å². The number of para-hydroxylation sites is 1. The Morgan fingerprint density at radius 1 is 1.16 bits per heavy atom. The maximum atomic E-state index is 13.3. The van der Waals surface area contributed by atoms with E-state index in [-0.39, 0.29) is 22.4 Å². The van der Waals surface area contributed by atoms with Gasteiger partial charge in [0.25, 0.3) is 5.91 Å². The van der Waals surface area contributed by atoms with Crippen molar-refractivity contribution in [2.45, 2.75) is 37.1 Å². The SMILES string of the molecule is Cc1cccc2nc(NC(=O)c3cccc(S(C)(=O)=O)c3)n(C3CCCCN(C(=O)C=CCN(C)C)C3)c12. The first kappa shape index (κ1) is 27.5. The number of likely N-dealkylation sites (tertiary alicyclic amines) is 1. The molecule has 1 fully saturated rings. The summed E-state index contributed by atoms with van der Waals surface area (Å²) in [6, 6.07) is 11.7. The molecule has 0 radical (unpaired) electrons. The second-order valence-corrected chi connectivity index (χ2v) is 12.1. The number of nitrogens with one attached hydrogen (secondary N) is 1. The first-order chi connectivity index (χ1) is 18.0. The Kier molecular flexibility index (Phi) is 8.32. The van der Waals surface area contributed by atoms with Crippen molar-refractivity contribution in [3.8, 4) is 0 Å². The fraction of sp³-hybridized carbons (Fsp3) is 0.393. The van der Waals surface area contributed by atoms with Crippen molar-refractivity contribution in [1.29, 1.82) is 0 Å². The summed E-state index contributed by atoms with van der Waals surface area (Å²) < 4.78 is 26.1. The molecule has 9 nitrogen and oxygen atoms in total. The molecule has 1 unspecified atom stereocenters. The van der Waals surface area contributed by atoms with Crippen molar-refractivity contribution in [2.24, 2.45) is 0 Å². The number of anilines is 1. The third kappa shape index (κ3) is 6.31. The second kappa shape index (κ2) is 11.5. The fourth-order valence-electron chi connectivity index (χ4n) is 4.81. The van der Waals surface area contributed by atoms with Gasteiger partial charge in [0.15, 0.2) is 9.84 Å². The number of fused-ring (bicyclic) bond motifs is 1. The van der Waals surface area contributed by atoms with Crippen LogP contribution < -0.4 is 5.32 Å². The van der Waals surface area contributed by atoms with Gasteiger partial charge in [-0.05, 0) is 70.1 Å². The van der Waals surface area contributed by atoms with Crippen LogP contribution >= 0.6 is 0 Å². The summed E-state index contributed by atoms with van der Waals surface area (Å²) in [5.74, 6) is -0.0903. The summed E-state index contributed by atoms with van der Waals surface area (Å²) in [4.78, 5) is 35.0. The van der Waals surface area contributed by atoms with E-state index in [1.54, 1.807) is 18.2 Å². The van der Waals surface area contributed by atoms with Crippen LogP contribution in [0.3, 0.4) is 0 Å². The van der Waals surface area contributed by atoms with Gasteiger partial charge in [0.2, 0.25) is 11.9 Å². The minimum absolute atomic E-state index is 0.0249. The number of likely N-dealkylation sites (N-methyl/N-ethyl adjacent to an activating group) is 1. The van der Waals surface area contributed by atoms with E-state index in [1.165, 1.54) is 12.1 Å². The maximum Gasteiger partial charge on any atom is 0.258 e. The molecule has 1 aromatic heterocycles. The fourth-order valence-corrected chi connectivity index (χ4v) is 5.47. The van der Waals surface area contributed by atoms with Crippen LogP contribution in [0.15, 0.2) is 59.5 Å². The van der Waals surface area contributed by atoms with E-state index in [1.807, 2.05) is 59.7 Å². The van der Waals surface area contributed by atoms with Crippen LogP contribution in [0.4, 0.5) is 5.95 Å². The van der Waals surface area contributed by atoms with Gasteiger partial charge >= 0.3 is 0 Å². The molecule has 38 heavy (non-hydrogen) atoms. The maximum absolute atomic E-state index is 13.3. The molecular weight excluding hydrogens is 502 g/mol. The first-order valence-corrected chi connectivity index (χ1v) is 14.6. The van der Waals surface area contributed by atoms with E-state index in [4.69, 9.17) is 4.98 Å². The molecular formula is C28H35N5O4S. The third-order valence-corrected chi connectivity index (χ3v) is 7.83. The van der Waals surface area contributed by atoms with E-state index >= 15 is 0 Å². The Morgan fingerprint density at radius 2 is 1.92 bits per heavy atom. The van der Waals surface area contributed by atoms with Gasteiger partial charge in [-0.3, -0.25) is 14.9 Å². The zero-order valence-electron chi connectivity index (χ0n) is 22.3. The molecule has 10 heteroatoms. The summed E-state index contributed by atoms with van der Waals surface area (Å²) in [5.41, 5.74) is 2.91. The molecule has 1 atom stereocenters. The predicted molar refractivity (Wildman–Crippen MR) is 149 cm³/mol. The van der Waals surface area contributed by atoms with Crippen molar-refractivity contribution in [2.75, 3.05) is 45.3 Å². The van der Waals surface area contributed by atoms with Gasteiger partial charge in [0, 0.05) is 37.5 Å². The van der Waals surface area contributed by atoms with Crippen molar-refractivity contribution < 1.29 is 18.0 Å². The summed E-state index contributed by atoms with van der Waals surface area (Å²) in [6.45, 7) is 3.86. The number of nitrogens with zero attached hydrogens (tertiary/aromatic N) is 4. The molecule has 1 N–H and O–H groups in total. The number of imidazole rings is 1. The smallest absolute Gasteiger partial charge is 0.258 e. The average molecular weight is 538 g/mol. The summed E-state index contributed by atoms with van der Waals surface area (Å²) in [5, 5.41) is 2.93. The quantitative estimate of drug-likeness (QED) is 0.461. The van der Waals surface area contributed by atoms with Gasteiger partial charge in [0.1, 0.15) is 0 Å². The van der Waals surface area contributed by atoms with Crippen LogP contribution in [0.1, 0.15) is 41.2 Å². The minimum atomic E-state index is -3.46. The van der Waals surface area contributed by atoms with Gasteiger partial charge in [-0.2, -0.15) is 0 Å². The minimum Gasteiger partial charge on any atom is -0.337 e. The Morgan fingerprint density at radius 3 is 2.66 bits per heavy atom. The van der Waals surface area contributed by atoms with E-state index in [0.29, 0.717) is 25.6 Å². The lowest BCUT2D eigenvalue weighted by Gasteiger charge is -2.26. The van der Waals surface area contributed by atoms with Gasteiger partial charge in [-0.25, -0.2) is 13.4 Å². The number of aryl methyl sites for hydroxylation is 1. The number of carbonyl (C=O) groups excluding carboxylic acids is 2. The lowest BCUT2D eigenvalue weighted by molar-refractivity contribution is -0.126. The molecule has 1 saturated heterocycles. The average Bonchev–Trinajstić information content (AvgIpc) is 3.05. The van der Waals surface area contributed by atoms with Crippen LogP contribution in [-0.2, 0) is 14.6 Å². The number of rotatable bonds is 7. The second-order valence-electron chi connectivity index (χ2n) is 10.1. The zero-order valence-corrected chi connectivity index (χ0v) is 23.2. The number of amides is 2. The highest BCUT2D eigenvalue weighted by atomic mass is 32.2. The monoisotopic (exact) mass is 537 g/mol. The topological polar surface area (TPSA) is 105 Å². The standard InChI is InChI=1S/C28H35N5O4S/c1-20-10-7-14-24-26(20)33(22-12-5-6-17-32(19-22)25(34)15-9-16-31(2)3)28(29-24)30-27(35)21-11-8-13-23(18-21)38(4,36)37/h7-11,13-15,18,22H,5-6,12,16-17,19H2,1-4H3,(H,29,30,35). The molecule has 0 bridgehead atoms. The lowest BCUT2D eigenvalue weighted by atomic mass is 10.1. The lowest BCUT2D eigenvalue weighted by Crippen LogP contribution is -2.35. The molecule has 2 heterocycles. The molecule has 1 aliphatic heterocycles.